The Morgan fingerprint density at radius 3 is 2.44 bits per heavy atom. The molecule has 1 aromatic carbocycles. The Morgan fingerprint density at radius 1 is 1.33 bits per heavy atom. The van der Waals surface area contributed by atoms with E-state index in [-0.39, 0.29) is 23.2 Å². The lowest BCUT2D eigenvalue weighted by Gasteiger charge is -2.20. The number of thiocarbonyl (C=S) groups is 1. The van der Waals surface area contributed by atoms with Gasteiger partial charge in [-0.2, -0.15) is 0 Å². The van der Waals surface area contributed by atoms with E-state index in [0.29, 0.717) is 11.3 Å². The van der Waals surface area contributed by atoms with Gasteiger partial charge in [-0.1, -0.05) is 38.2 Å². The fraction of sp³-hybridized carbons (Fsp3) is 0.308. The zero-order valence-electron chi connectivity index (χ0n) is 10.3. The summed E-state index contributed by atoms with van der Waals surface area (Å²) in [6.45, 7) is 3.52. The molecule has 4 nitrogen and oxygen atoms in total. The fourth-order valence-corrected chi connectivity index (χ4v) is 2.24. The van der Waals surface area contributed by atoms with E-state index >= 15 is 0 Å². The summed E-state index contributed by atoms with van der Waals surface area (Å²) in [5.41, 5.74) is 5.98. The predicted molar refractivity (Wildman–Crippen MR) is 73.2 cm³/mol. The van der Waals surface area contributed by atoms with Gasteiger partial charge in [0.05, 0.1) is 11.1 Å². The minimum absolute atomic E-state index is 0.177. The molecule has 0 spiro atoms. The van der Waals surface area contributed by atoms with Crippen molar-refractivity contribution in [3.05, 3.63) is 29.8 Å². The van der Waals surface area contributed by atoms with Crippen LogP contribution in [0.3, 0.4) is 0 Å². The molecule has 1 aliphatic heterocycles. The number of imide groups is 1. The highest BCUT2D eigenvalue weighted by Crippen LogP contribution is 2.36. The third-order valence-corrected chi connectivity index (χ3v) is 3.25. The summed E-state index contributed by atoms with van der Waals surface area (Å²) in [6, 6.07) is 6.92. The van der Waals surface area contributed by atoms with E-state index in [0.717, 1.165) is 0 Å². The molecule has 2 amide bonds. The van der Waals surface area contributed by atoms with E-state index in [2.05, 4.69) is 0 Å². The number of nitrogens with two attached hydrogens (primary N) is 1. The van der Waals surface area contributed by atoms with E-state index in [1.54, 1.807) is 38.1 Å². The van der Waals surface area contributed by atoms with Crippen molar-refractivity contribution in [1.29, 1.82) is 0 Å². The average molecular weight is 262 g/mol. The molecule has 0 radical (unpaired) electrons. The zero-order chi connectivity index (χ0) is 13.5. The number of rotatable bonds is 2. The second-order valence-corrected chi connectivity index (χ2v) is 5.42. The monoisotopic (exact) mass is 262 g/mol. The van der Waals surface area contributed by atoms with Gasteiger partial charge >= 0.3 is 0 Å². The number of hydrogen-bond donors (Lipinski definition) is 1. The molecule has 0 aliphatic carbocycles. The zero-order valence-corrected chi connectivity index (χ0v) is 11.1. The molecule has 0 saturated carbocycles. The van der Waals surface area contributed by atoms with Crippen LogP contribution in [0.5, 0.6) is 0 Å². The Kier molecular flexibility index (Phi) is 2.94. The molecule has 0 aromatic heterocycles. The van der Waals surface area contributed by atoms with E-state index in [9.17, 15) is 9.59 Å². The van der Waals surface area contributed by atoms with Gasteiger partial charge < -0.3 is 5.73 Å². The van der Waals surface area contributed by atoms with Crippen LogP contribution in [0.25, 0.3) is 0 Å². The average Bonchev–Trinajstić information content (AvgIpc) is 2.48. The molecule has 0 unspecified atom stereocenters. The predicted octanol–water partition coefficient (Wildman–Crippen LogP) is 1.61. The van der Waals surface area contributed by atoms with E-state index in [1.165, 1.54) is 4.90 Å². The van der Waals surface area contributed by atoms with Gasteiger partial charge in [0.1, 0.15) is 4.99 Å². The number of hydrogen-bond acceptors (Lipinski definition) is 3. The standard InChI is InChI=1S/C13H14N2O2S/c1-13(2)7-10(16)15(12(13)17)9-6-4-3-5-8(9)11(14)18/h3-6H,7H2,1-2H3,(H2,14,18). The normalized spacial score (nSPS) is 18.2. The minimum Gasteiger partial charge on any atom is -0.389 e. The smallest absolute Gasteiger partial charge is 0.239 e. The number of nitrogens with zero attached hydrogens (tertiary/aromatic N) is 1. The van der Waals surface area contributed by atoms with Crippen LogP contribution < -0.4 is 10.6 Å². The van der Waals surface area contributed by atoms with Crippen molar-refractivity contribution < 1.29 is 9.59 Å². The van der Waals surface area contributed by atoms with Crippen LogP contribution in [0.15, 0.2) is 24.3 Å². The van der Waals surface area contributed by atoms with Crippen LogP contribution in [0, 0.1) is 5.41 Å². The Labute approximate surface area is 111 Å². The van der Waals surface area contributed by atoms with Crippen molar-refractivity contribution in [2.45, 2.75) is 20.3 Å². The lowest BCUT2D eigenvalue weighted by molar-refractivity contribution is -0.124. The molecule has 0 atom stereocenters. The molecule has 1 fully saturated rings. The SMILES string of the molecule is CC1(C)CC(=O)N(c2ccccc2C(N)=S)C1=O. The Balaban J connectivity index is 2.54. The minimum atomic E-state index is -0.666. The summed E-state index contributed by atoms with van der Waals surface area (Å²) in [5, 5.41) is 0. The summed E-state index contributed by atoms with van der Waals surface area (Å²) >= 11 is 4.95. The molecular weight excluding hydrogens is 248 g/mol. The summed E-state index contributed by atoms with van der Waals surface area (Å²) in [5.74, 6) is -0.426. The molecule has 94 valence electrons. The first kappa shape index (κ1) is 12.7. The number of anilines is 1. The highest BCUT2D eigenvalue weighted by molar-refractivity contribution is 7.80. The highest BCUT2D eigenvalue weighted by atomic mass is 32.1. The number of carbonyl (C=O) groups excluding carboxylic acids is 2. The number of para-hydroxylation sites is 1. The van der Waals surface area contributed by atoms with Crippen LogP contribution in [0.1, 0.15) is 25.8 Å². The van der Waals surface area contributed by atoms with Crippen molar-refractivity contribution >= 4 is 34.7 Å². The fourth-order valence-electron chi connectivity index (χ4n) is 2.07. The maximum absolute atomic E-state index is 12.2. The largest absolute Gasteiger partial charge is 0.389 e. The highest BCUT2D eigenvalue weighted by Gasteiger charge is 2.46. The second kappa shape index (κ2) is 4.17. The topological polar surface area (TPSA) is 63.4 Å². The maximum Gasteiger partial charge on any atom is 0.239 e. The lowest BCUT2D eigenvalue weighted by Crippen LogP contribution is -2.34. The van der Waals surface area contributed by atoms with Gasteiger partial charge in [0.25, 0.3) is 0 Å². The van der Waals surface area contributed by atoms with Crippen molar-refractivity contribution in [2.24, 2.45) is 11.1 Å². The van der Waals surface area contributed by atoms with E-state index in [1.807, 2.05) is 0 Å². The molecule has 1 aliphatic rings. The van der Waals surface area contributed by atoms with Gasteiger partial charge in [-0.05, 0) is 12.1 Å². The second-order valence-electron chi connectivity index (χ2n) is 4.98. The molecule has 0 bridgehead atoms. The van der Waals surface area contributed by atoms with Gasteiger partial charge in [-0.25, -0.2) is 4.90 Å². The van der Waals surface area contributed by atoms with Gasteiger partial charge in [-0.15, -0.1) is 0 Å². The Hall–Kier alpha value is -1.75. The molecule has 2 N–H and O–H groups in total. The van der Waals surface area contributed by atoms with Crippen LogP contribution in [-0.4, -0.2) is 16.8 Å². The summed E-state index contributed by atoms with van der Waals surface area (Å²) in [4.78, 5) is 25.6. The first-order chi connectivity index (χ1) is 8.34. The summed E-state index contributed by atoms with van der Waals surface area (Å²) in [7, 11) is 0. The van der Waals surface area contributed by atoms with Crippen molar-refractivity contribution in [1.82, 2.24) is 0 Å². The lowest BCUT2D eigenvalue weighted by atomic mass is 9.92. The van der Waals surface area contributed by atoms with Crippen LogP contribution in [0.4, 0.5) is 5.69 Å². The van der Waals surface area contributed by atoms with Crippen molar-refractivity contribution in [3.8, 4) is 0 Å². The summed E-state index contributed by atoms with van der Waals surface area (Å²) < 4.78 is 0. The first-order valence-corrected chi connectivity index (χ1v) is 6.01. The van der Waals surface area contributed by atoms with Gasteiger partial charge in [0.2, 0.25) is 11.8 Å². The molecule has 1 heterocycles. The third kappa shape index (κ3) is 1.90. The maximum atomic E-state index is 12.2. The van der Waals surface area contributed by atoms with Gasteiger partial charge in [-0.3, -0.25) is 9.59 Å². The Bertz CT molecular complexity index is 552. The Morgan fingerprint density at radius 2 is 1.94 bits per heavy atom. The van der Waals surface area contributed by atoms with Gasteiger partial charge in [0, 0.05) is 12.0 Å². The number of amides is 2. The molecule has 1 aromatic rings. The molecular formula is C13H14N2O2S. The van der Waals surface area contributed by atoms with Crippen molar-refractivity contribution in [3.63, 3.8) is 0 Å². The number of benzene rings is 1. The molecule has 2 rings (SSSR count). The molecule has 1 saturated heterocycles. The molecule has 5 heteroatoms. The van der Waals surface area contributed by atoms with Crippen LogP contribution in [0.2, 0.25) is 0 Å². The quantitative estimate of drug-likeness (QED) is 0.649. The first-order valence-electron chi connectivity index (χ1n) is 5.61. The van der Waals surface area contributed by atoms with Crippen molar-refractivity contribution in [2.75, 3.05) is 4.90 Å². The van der Waals surface area contributed by atoms with E-state index in [4.69, 9.17) is 18.0 Å². The van der Waals surface area contributed by atoms with Gasteiger partial charge in [0.15, 0.2) is 0 Å². The number of carbonyl (C=O) groups is 2. The van der Waals surface area contributed by atoms with Crippen LogP contribution in [-0.2, 0) is 9.59 Å². The molecule has 18 heavy (non-hydrogen) atoms. The third-order valence-electron chi connectivity index (χ3n) is 3.04. The van der Waals surface area contributed by atoms with E-state index < -0.39 is 5.41 Å². The summed E-state index contributed by atoms with van der Waals surface area (Å²) in [6.07, 6.45) is 0.206. The van der Waals surface area contributed by atoms with Crippen LogP contribution >= 0.6 is 12.2 Å².